The zero-order chi connectivity index (χ0) is 24.1. The van der Waals surface area contributed by atoms with Crippen LogP contribution in [0.1, 0.15) is 49.9 Å². The normalized spacial score (nSPS) is 16.0. The number of aromatic amines is 1. The summed E-state index contributed by atoms with van der Waals surface area (Å²) in [6.45, 7) is 5.07. The van der Waals surface area contributed by atoms with Crippen molar-refractivity contribution in [2.45, 2.75) is 46.1 Å². The SMILES string of the molecule is CCCCn1c(N)c(N(CC)C(=O)[C@@H]2CCCN(C(=O)c3ccc(Cl)cc3)C2)c(=O)[nH]c1=O. The van der Waals surface area contributed by atoms with Gasteiger partial charge in [-0.2, -0.15) is 0 Å². The van der Waals surface area contributed by atoms with Gasteiger partial charge in [-0.1, -0.05) is 24.9 Å². The molecule has 1 aliphatic rings. The second-order valence-corrected chi connectivity index (χ2v) is 8.61. The van der Waals surface area contributed by atoms with Gasteiger partial charge in [-0.25, -0.2) is 4.79 Å². The summed E-state index contributed by atoms with van der Waals surface area (Å²) >= 11 is 5.92. The predicted molar refractivity (Wildman–Crippen MR) is 129 cm³/mol. The number of nitrogens with zero attached hydrogens (tertiary/aromatic N) is 3. The summed E-state index contributed by atoms with van der Waals surface area (Å²) in [5.41, 5.74) is 5.42. The second kappa shape index (κ2) is 10.7. The highest BCUT2D eigenvalue weighted by atomic mass is 35.5. The monoisotopic (exact) mass is 475 g/mol. The molecule has 9 nitrogen and oxygen atoms in total. The van der Waals surface area contributed by atoms with E-state index in [1.807, 2.05) is 6.92 Å². The van der Waals surface area contributed by atoms with Crippen LogP contribution in [0.2, 0.25) is 5.02 Å². The minimum absolute atomic E-state index is 0.0145. The first-order valence-corrected chi connectivity index (χ1v) is 11.6. The number of hydrogen-bond acceptors (Lipinski definition) is 5. The molecule has 33 heavy (non-hydrogen) atoms. The number of anilines is 2. The van der Waals surface area contributed by atoms with Gasteiger partial charge >= 0.3 is 5.69 Å². The molecule has 0 radical (unpaired) electrons. The van der Waals surface area contributed by atoms with E-state index in [9.17, 15) is 19.2 Å². The summed E-state index contributed by atoms with van der Waals surface area (Å²) in [6, 6.07) is 6.63. The van der Waals surface area contributed by atoms with E-state index < -0.39 is 17.2 Å². The minimum Gasteiger partial charge on any atom is -0.383 e. The Bertz CT molecular complexity index is 1130. The van der Waals surface area contributed by atoms with Crippen molar-refractivity contribution in [3.8, 4) is 0 Å². The average Bonchev–Trinajstić information content (AvgIpc) is 2.81. The number of aromatic nitrogens is 2. The molecule has 1 aromatic heterocycles. The van der Waals surface area contributed by atoms with E-state index in [0.717, 1.165) is 6.42 Å². The summed E-state index contributed by atoms with van der Waals surface area (Å²) in [6.07, 6.45) is 2.80. The molecule has 0 bridgehead atoms. The van der Waals surface area contributed by atoms with Gasteiger partial charge in [0.05, 0.1) is 5.92 Å². The topological polar surface area (TPSA) is 121 Å². The third kappa shape index (κ3) is 5.30. The highest BCUT2D eigenvalue weighted by Gasteiger charge is 2.33. The number of benzene rings is 1. The van der Waals surface area contributed by atoms with Crippen LogP contribution < -0.4 is 21.9 Å². The van der Waals surface area contributed by atoms with E-state index in [2.05, 4.69) is 4.98 Å². The molecule has 0 saturated carbocycles. The number of H-pyrrole nitrogens is 1. The quantitative estimate of drug-likeness (QED) is 0.637. The molecule has 0 spiro atoms. The Labute approximate surface area is 197 Å². The van der Waals surface area contributed by atoms with E-state index in [0.29, 0.717) is 42.9 Å². The molecule has 3 N–H and O–H groups in total. The van der Waals surface area contributed by atoms with Crippen molar-refractivity contribution in [3.63, 3.8) is 0 Å². The number of piperidine rings is 1. The number of rotatable bonds is 7. The number of halogens is 1. The third-order valence-electron chi connectivity index (χ3n) is 5.95. The summed E-state index contributed by atoms with van der Waals surface area (Å²) < 4.78 is 1.30. The number of nitrogens with two attached hydrogens (primary N) is 1. The molecular weight excluding hydrogens is 446 g/mol. The highest BCUT2D eigenvalue weighted by molar-refractivity contribution is 6.30. The maximum absolute atomic E-state index is 13.5. The first-order valence-electron chi connectivity index (χ1n) is 11.3. The number of carbonyl (C=O) groups excluding carboxylic acids is 2. The first-order chi connectivity index (χ1) is 15.8. The molecule has 178 valence electrons. The van der Waals surface area contributed by atoms with Gasteiger partial charge in [0.15, 0.2) is 5.69 Å². The van der Waals surface area contributed by atoms with Gasteiger partial charge in [0.2, 0.25) is 5.91 Å². The lowest BCUT2D eigenvalue weighted by molar-refractivity contribution is -0.123. The summed E-state index contributed by atoms with van der Waals surface area (Å²) in [5, 5.41) is 0.542. The smallest absolute Gasteiger partial charge is 0.330 e. The van der Waals surface area contributed by atoms with Gasteiger partial charge in [0.1, 0.15) is 5.82 Å². The fourth-order valence-electron chi connectivity index (χ4n) is 4.16. The number of carbonyl (C=O) groups is 2. The Balaban J connectivity index is 1.86. The zero-order valence-electron chi connectivity index (χ0n) is 19.0. The van der Waals surface area contributed by atoms with Gasteiger partial charge < -0.3 is 15.5 Å². The fraction of sp³-hybridized carbons (Fsp3) is 0.478. The molecule has 1 fully saturated rings. The number of likely N-dealkylation sites (tertiary alicyclic amines) is 1. The average molecular weight is 476 g/mol. The van der Waals surface area contributed by atoms with Gasteiger partial charge in [0.25, 0.3) is 11.5 Å². The second-order valence-electron chi connectivity index (χ2n) is 8.18. The van der Waals surface area contributed by atoms with Crippen molar-refractivity contribution in [2.75, 3.05) is 30.3 Å². The van der Waals surface area contributed by atoms with Gasteiger partial charge in [-0.05, 0) is 50.5 Å². The maximum atomic E-state index is 13.5. The van der Waals surface area contributed by atoms with Crippen LogP contribution >= 0.6 is 11.6 Å². The highest BCUT2D eigenvalue weighted by Crippen LogP contribution is 2.25. The van der Waals surface area contributed by atoms with Crippen LogP contribution in [0.15, 0.2) is 33.9 Å². The van der Waals surface area contributed by atoms with E-state index in [1.165, 1.54) is 9.47 Å². The van der Waals surface area contributed by atoms with Crippen LogP contribution in [0.4, 0.5) is 11.5 Å². The maximum Gasteiger partial charge on any atom is 0.330 e. The minimum atomic E-state index is -0.689. The number of unbranched alkanes of at least 4 members (excludes halogenated alkanes) is 1. The zero-order valence-corrected chi connectivity index (χ0v) is 19.7. The van der Waals surface area contributed by atoms with Crippen LogP contribution in [0.5, 0.6) is 0 Å². The lowest BCUT2D eigenvalue weighted by Crippen LogP contribution is -2.49. The van der Waals surface area contributed by atoms with Crippen molar-refractivity contribution in [3.05, 3.63) is 55.7 Å². The summed E-state index contributed by atoms with van der Waals surface area (Å²) in [7, 11) is 0. The van der Waals surface area contributed by atoms with E-state index in [4.69, 9.17) is 17.3 Å². The van der Waals surface area contributed by atoms with Crippen molar-refractivity contribution < 1.29 is 9.59 Å². The first kappa shape index (κ1) is 24.6. The lowest BCUT2D eigenvalue weighted by atomic mass is 9.95. The van der Waals surface area contributed by atoms with E-state index in [1.54, 1.807) is 36.1 Å². The Kier molecular flexibility index (Phi) is 7.97. The number of hydrogen-bond donors (Lipinski definition) is 2. The van der Waals surface area contributed by atoms with Gasteiger partial charge in [0, 0.05) is 36.8 Å². The molecule has 1 saturated heterocycles. The van der Waals surface area contributed by atoms with Gasteiger partial charge in [-0.15, -0.1) is 0 Å². The van der Waals surface area contributed by atoms with Crippen LogP contribution in [0.25, 0.3) is 0 Å². The largest absolute Gasteiger partial charge is 0.383 e. The third-order valence-corrected chi connectivity index (χ3v) is 6.20. The van der Waals surface area contributed by atoms with Crippen molar-refractivity contribution in [1.82, 2.24) is 14.5 Å². The number of nitrogen functional groups attached to an aromatic ring is 1. The van der Waals surface area contributed by atoms with Crippen LogP contribution in [0, 0.1) is 5.92 Å². The van der Waals surface area contributed by atoms with Crippen LogP contribution in [-0.4, -0.2) is 45.9 Å². The molecule has 2 amide bonds. The summed E-state index contributed by atoms with van der Waals surface area (Å²) in [5.74, 6) is -0.955. The van der Waals surface area contributed by atoms with Crippen LogP contribution in [-0.2, 0) is 11.3 Å². The molecule has 10 heteroatoms. The number of amides is 2. The Morgan fingerprint density at radius 1 is 1.21 bits per heavy atom. The molecule has 1 aromatic carbocycles. The summed E-state index contributed by atoms with van der Waals surface area (Å²) in [4.78, 5) is 56.5. The molecule has 2 heterocycles. The predicted octanol–water partition coefficient (Wildman–Crippen LogP) is 2.48. The molecule has 0 unspecified atom stereocenters. The van der Waals surface area contributed by atoms with Crippen molar-refractivity contribution in [2.24, 2.45) is 5.92 Å². The van der Waals surface area contributed by atoms with Crippen molar-refractivity contribution >= 4 is 34.9 Å². The number of nitrogens with one attached hydrogen (secondary N) is 1. The molecule has 2 aromatic rings. The standard InChI is InChI=1S/C23H30ClN5O4/c1-3-5-13-29-19(25)18(20(30)26-23(29)33)28(4-2)22(32)16-7-6-12-27(14-16)21(31)15-8-10-17(24)11-9-15/h8-11,16H,3-7,12-14,25H2,1-2H3,(H,26,30,33)/t16-/m1/s1. The lowest BCUT2D eigenvalue weighted by Gasteiger charge is -2.35. The Morgan fingerprint density at radius 2 is 1.91 bits per heavy atom. The van der Waals surface area contributed by atoms with Crippen LogP contribution in [0.3, 0.4) is 0 Å². The van der Waals surface area contributed by atoms with Gasteiger partial charge in [-0.3, -0.25) is 23.9 Å². The molecule has 1 aliphatic heterocycles. The van der Waals surface area contributed by atoms with E-state index >= 15 is 0 Å². The Hall–Kier alpha value is -3.07. The van der Waals surface area contributed by atoms with E-state index in [-0.39, 0.29) is 36.4 Å². The molecule has 0 aliphatic carbocycles. The molecular formula is C23H30ClN5O4. The van der Waals surface area contributed by atoms with Crippen molar-refractivity contribution in [1.29, 1.82) is 0 Å². The molecule has 3 rings (SSSR count). The fourth-order valence-corrected chi connectivity index (χ4v) is 4.29. The Morgan fingerprint density at radius 3 is 2.55 bits per heavy atom. The molecule has 1 atom stereocenters.